The van der Waals surface area contributed by atoms with E-state index in [9.17, 15) is 4.79 Å². The molecule has 29 heavy (non-hydrogen) atoms. The first-order valence-electron chi connectivity index (χ1n) is 9.75. The predicted molar refractivity (Wildman–Crippen MR) is 111 cm³/mol. The molecule has 4 rings (SSSR count). The molecule has 0 spiro atoms. The fourth-order valence-electron chi connectivity index (χ4n) is 3.28. The number of hydrogen-bond acceptors (Lipinski definition) is 4. The van der Waals surface area contributed by atoms with Gasteiger partial charge in [0.15, 0.2) is 5.76 Å². The molecule has 0 aliphatic rings. The van der Waals surface area contributed by atoms with Crippen LogP contribution in [0.15, 0.2) is 77.4 Å². The number of carbonyl (C=O) groups excluding carboxylic acids is 1. The molecule has 148 valence electrons. The number of imidazole rings is 1. The Kier molecular flexibility index (Phi) is 5.90. The molecule has 0 fully saturated rings. The summed E-state index contributed by atoms with van der Waals surface area (Å²) in [6.45, 7) is 1.83. The Bertz CT molecular complexity index is 1060. The van der Waals surface area contributed by atoms with Crippen molar-refractivity contribution >= 4 is 16.9 Å². The monoisotopic (exact) mass is 389 g/mol. The highest BCUT2D eigenvalue weighted by atomic mass is 16.5. The van der Waals surface area contributed by atoms with Gasteiger partial charge in [0.1, 0.15) is 18.2 Å². The minimum Gasteiger partial charge on any atom is -0.492 e. The van der Waals surface area contributed by atoms with Crippen LogP contribution in [-0.2, 0) is 13.0 Å². The van der Waals surface area contributed by atoms with E-state index in [1.807, 2.05) is 48.5 Å². The van der Waals surface area contributed by atoms with E-state index in [1.54, 1.807) is 12.1 Å². The van der Waals surface area contributed by atoms with Crippen molar-refractivity contribution in [2.24, 2.45) is 0 Å². The molecule has 0 saturated heterocycles. The second-order valence-corrected chi connectivity index (χ2v) is 6.67. The zero-order chi connectivity index (χ0) is 19.9. The Hall–Kier alpha value is -3.54. The van der Waals surface area contributed by atoms with Crippen LogP contribution in [0.4, 0.5) is 0 Å². The molecule has 6 nitrogen and oxygen atoms in total. The Balaban J connectivity index is 1.37. The van der Waals surface area contributed by atoms with Crippen LogP contribution >= 0.6 is 0 Å². The fourth-order valence-corrected chi connectivity index (χ4v) is 3.28. The second-order valence-electron chi connectivity index (χ2n) is 6.67. The zero-order valence-corrected chi connectivity index (χ0v) is 16.1. The lowest BCUT2D eigenvalue weighted by Gasteiger charge is -2.11. The molecular formula is C23H23N3O3. The molecule has 0 unspecified atom stereocenters. The minimum atomic E-state index is -0.195. The van der Waals surface area contributed by atoms with Gasteiger partial charge in [-0.25, -0.2) is 4.98 Å². The van der Waals surface area contributed by atoms with Crippen molar-refractivity contribution in [3.8, 4) is 5.75 Å². The van der Waals surface area contributed by atoms with Crippen LogP contribution in [0.2, 0.25) is 0 Å². The number of amides is 1. The topological polar surface area (TPSA) is 69.3 Å². The summed E-state index contributed by atoms with van der Waals surface area (Å²) in [6.07, 6.45) is 3.04. The van der Waals surface area contributed by atoms with E-state index < -0.39 is 0 Å². The van der Waals surface area contributed by atoms with Crippen LogP contribution in [0.5, 0.6) is 5.75 Å². The van der Waals surface area contributed by atoms with Crippen LogP contribution in [0.1, 0.15) is 22.8 Å². The van der Waals surface area contributed by atoms with Crippen molar-refractivity contribution in [3.05, 3.63) is 84.6 Å². The summed E-state index contributed by atoms with van der Waals surface area (Å²) < 4.78 is 13.2. The number of hydrogen-bond donors (Lipinski definition) is 1. The molecule has 0 aliphatic heterocycles. The van der Waals surface area contributed by atoms with Crippen molar-refractivity contribution in [1.82, 2.24) is 14.9 Å². The molecule has 4 aromatic rings. The number of rotatable bonds is 9. The average molecular weight is 389 g/mol. The number of nitrogens with zero attached hydrogens (tertiary/aromatic N) is 2. The van der Waals surface area contributed by atoms with Crippen molar-refractivity contribution in [2.75, 3.05) is 13.2 Å². The number of benzene rings is 2. The van der Waals surface area contributed by atoms with Crippen molar-refractivity contribution in [1.29, 1.82) is 0 Å². The summed E-state index contributed by atoms with van der Waals surface area (Å²) in [6, 6.07) is 21.3. The highest BCUT2D eigenvalue weighted by Crippen LogP contribution is 2.17. The number of fused-ring (bicyclic) bond motifs is 1. The Morgan fingerprint density at radius 2 is 1.86 bits per heavy atom. The van der Waals surface area contributed by atoms with Gasteiger partial charge in [0.25, 0.3) is 5.91 Å². The first kappa shape index (κ1) is 18.8. The fraction of sp³-hybridized carbons (Fsp3) is 0.217. The maximum Gasteiger partial charge on any atom is 0.286 e. The van der Waals surface area contributed by atoms with Crippen LogP contribution in [0.25, 0.3) is 11.0 Å². The first-order valence-corrected chi connectivity index (χ1v) is 9.75. The lowest BCUT2D eigenvalue weighted by Crippen LogP contribution is -2.24. The molecule has 6 heteroatoms. The van der Waals surface area contributed by atoms with Crippen molar-refractivity contribution in [2.45, 2.75) is 19.4 Å². The third kappa shape index (κ3) is 4.66. The summed E-state index contributed by atoms with van der Waals surface area (Å²) >= 11 is 0. The van der Waals surface area contributed by atoms with E-state index >= 15 is 0 Å². The standard InChI is InChI=1S/C23H23N3O3/c27-23(21-12-7-16-29-21)24-14-6-13-22-25-19-10-4-5-11-20(19)26(22)15-17-28-18-8-2-1-3-9-18/h1-5,7-12,16H,6,13-15,17H2,(H,24,27). The minimum absolute atomic E-state index is 0.195. The van der Waals surface area contributed by atoms with Crippen LogP contribution < -0.4 is 10.1 Å². The van der Waals surface area contributed by atoms with Gasteiger partial charge >= 0.3 is 0 Å². The summed E-state index contributed by atoms with van der Waals surface area (Å²) in [7, 11) is 0. The molecule has 0 saturated carbocycles. The van der Waals surface area contributed by atoms with Gasteiger partial charge in [0, 0.05) is 13.0 Å². The van der Waals surface area contributed by atoms with E-state index in [-0.39, 0.29) is 5.91 Å². The zero-order valence-electron chi connectivity index (χ0n) is 16.1. The number of aryl methyl sites for hydroxylation is 1. The van der Waals surface area contributed by atoms with Crippen molar-refractivity contribution < 1.29 is 13.9 Å². The summed E-state index contributed by atoms with van der Waals surface area (Å²) in [5.74, 6) is 1.99. The molecular weight excluding hydrogens is 366 g/mol. The predicted octanol–water partition coefficient (Wildman–Crippen LogP) is 4.07. The van der Waals surface area contributed by atoms with Crippen LogP contribution in [0, 0.1) is 0 Å². The summed E-state index contributed by atoms with van der Waals surface area (Å²) in [5, 5.41) is 2.88. The molecule has 1 amide bonds. The van der Waals surface area contributed by atoms with E-state index in [0.717, 1.165) is 35.4 Å². The van der Waals surface area contributed by atoms with Gasteiger partial charge in [-0.15, -0.1) is 0 Å². The SMILES string of the molecule is O=C(NCCCc1nc2ccccc2n1CCOc1ccccc1)c1ccco1. The highest BCUT2D eigenvalue weighted by molar-refractivity contribution is 5.91. The number of furan rings is 1. The Labute approximate surface area is 169 Å². The normalized spacial score (nSPS) is 10.9. The Morgan fingerprint density at radius 3 is 2.69 bits per heavy atom. The average Bonchev–Trinajstić information content (AvgIpc) is 3.41. The van der Waals surface area contributed by atoms with E-state index in [4.69, 9.17) is 14.1 Å². The highest BCUT2D eigenvalue weighted by Gasteiger charge is 2.11. The third-order valence-electron chi connectivity index (χ3n) is 4.67. The van der Waals surface area contributed by atoms with Gasteiger partial charge in [0.05, 0.1) is 23.8 Å². The third-order valence-corrected chi connectivity index (χ3v) is 4.67. The van der Waals surface area contributed by atoms with Crippen LogP contribution in [-0.4, -0.2) is 28.6 Å². The molecule has 2 aromatic carbocycles. The van der Waals surface area contributed by atoms with Gasteiger partial charge in [-0.05, 0) is 42.8 Å². The van der Waals surface area contributed by atoms with Gasteiger partial charge in [-0.1, -0.05) is 30.3 Å². The number of carbonyl (C=O) groups is 1. The summed E-state index contributed by atoms with van der Waals surface area (Å²) in [4.78, 5) is 16.7. The number of para-hydroxylation sites is 3. The Morgan fingerprint density at radius 1 is 1.03 bits per heavy atom. The molecule has 0 aliphatic carbocycles. The number of nitrogens with one attached hydrogen (secondary N) is 1. The quantitative estimate of drug-likeness (QED) is 0.438. The van der Waals surface area contributed by atoms with Gasteiger partial charge < -0.3 is 19.0 Å². The van der Waals surface area contributed by atoms with Gasteiger partial charge in [-0.2, -0.15) is 0 Å². The smallest absolute Gasteiger partial charge is 0.286 e. The molecule has 1 N–H and O–H groups in total. The lowest BCUT2D eigenvalue weighted by atomic mass is 10.3. The molecule has 0 bridgehead atoms. The molecule has 0 atom stereocenters. The van der Waals surface area contributed by atoms with E-state index in [1.165, 1.54) is 6.26 Å². The molecule has 2 heterocycles. The molecule has 2 aromatic heterocycles. The number of ether oxygens (including phenoxy) is 1. The second kappa shape index (κ2) is 9.10. The van der Waals surface area contributed by atoms with Crippen LogP contribution in [0.3, 0.4) is 0 Å². The number of aromatic nitrogens is 2. The van der Waals surface area contributed by atoms with E-state index in [2.05, 4.69) is 16.0 Å². The van der Waals surface area contributed by atoms with E-state index in [0.29, 0.717) is 25.5 Å². The van der Waals surface area contributed by atoms with Gasteiger partial charge in [0.2, 0.25) is 0 Å². The largest absolute Gasteiger partial charge is 0.492 e. The first-order chi connectivity index (χ1) is 14.3. The lowest BCUT2D eigenvalue weighted by molar-refractivity contribution is 0.0925. The maximum atomic E-state index is 12.0. The molecule has 0 radical (unpaired) electrons. The summed E-state index contributed by atoms with van der Waals surface area (Å²) in [5.41, 5.74) is 2.07. The van der Waals surface area contributed by atoms with Gasteiger partial charge in [-0.3, -0.25) is 4.79 Å². The van der Waals surface area contributed by atoms with Crippen molar-refractivity contribution in [3.63, 3.8) is 0 Å². The maximum absolute atomic E-state index is 12.0.